The summed E-state index contributed by atoms with van der Waals surface area (Å²) in [6.07, 6.45) is 3.45. The van der Waals surface area contributed by atoms with E-state index in [1.807, 2.05) is 0 Å². The maximum atomic E-state index is 6.21. The van der Waals surface area contributed by atoms with E-state index in [2.05, 4.69) is 39.0 Å². The summed E-state index contributed by atoms with van der Waals surface area (Å²) in [5, 5.41) is 0. The first-order chi connectivity index (χ1) is 8.54. The van der Waals surface area contributed by atoms with Gasteiger partial charge in [-0.05, 0) is 50.2 Å². The highest BCUT2D eigenvalue weighted by atomic mass is 16.5. The largest absolute Gasteiger partial charge is 0.369 e. The molecule has 1 aliphatic rings. The molecule has 0 spiro atoms. The summed E-state index contributed by atoms with van der Waals surface area (Å²) in [7, 11) is 0. The van der Waals surface area contributed by atoms with Crippen molar-refractivity contribution in [3.05, 3.63) is 34.9 Å². The first-order valence-electron chi connectivity index (χ1n) is 6.95. The van der Waals surface area contributed by atoms with E-state index >= 15 is 0 Å². The van der Waals surface area contributed by atoms with Gasteiger partial charge in [-0.25, -0.2) is 0 Å². The zero-order valence-electron chi connectivity index (χ0n) is 11.8. The van der Waals surface area contributed by atoms with Gasteiger partial charge in [0.15, 0.2) is 0 Å². The molecule has 0 amide bonds. The maximum absolute atomic E-state index is 6.21. The Hall–Kier alpha value is -0.860. The molecule has 2 atom stereocenters. The fraction of sp³-hybridized carbons (Fsp3) is 0.625. The van der Waals surface area contributed by atoms with Gasteiger partial charge in [-0.2, -0.15) is 0 Å². The molecule has 2 unspecified atom stereocenters. The lowest BCUT2D eigenvalue weighted by Crippen LogP contribution is -2.38. The molecular formula is C16H25NO. The van der Waals surface area contributed by atoms with E-state index in [0.29, 0.717) is 13.2 Å². The quantitative estimate of drug-likeness (QED) is 0.885. The zero-order chi connectivity index (χ0) is 13.2. The van der Waals surface area contributed by atoms with Crippen molar-refractivity contribution in [3.8, 4) is 0 Å². The molecular weight excluding hydrogens is 222 g/mol. The molecule has 2 rings (SSSR count). The fourth-order valence-corrected chi connectivity index (χ4v) is 2.91. The van der Waals surface area contributed by atoms with E-state index in [-0.39, 0.29) is 5.60 Å². The van der Waals surface area contributed by atoms with Crippen molar-refractivity contribution < 1.29 is 4.74 Å². The lowest BCUT2D eigenvalue weighted by molar-refractivity contribution is -0.0473. The summed E-state index contributed by atoms with van der Waals surface area (Å²) in [6.45, 7) is 7.89. The topological polar surface area (TPSA) is 35.2 Å². The van der Waals surface area contributed by atoms with Crippen molar-refractivity contribution in [2.75, 3.05) is 6.54 Å². The second-order valence-electron chi connectivity index (χ2n) is 5.95. The van der Waals surface area contributed by atoms with Crippen molar-refractivity contribution in [2.45, 2.75) is 52.2 Å². The number of hydrogen-bond acceptors (Lipinski definition) is 2. The summed E-state index contributed by atoms with van der Waals surface area (Å²) < 4.78 is 6.21. The van der Waals surface area contributed by atoms with Gasteiger partial charge >= 0.3 is 0 Å². The van der Waals surface area contributed by atoms with Crippen LogP contribution in [0.3, 0.4) is 0 Å². The predicted octanol–water partition coefficient (Wildman–Crippen LogP) is 3.34. The molecule has 0 aromatic heterocycles. The Morgan fingerprint density at radius 3 is 2.78 bits per heavy atom. The van der Waals surface area contributed by atoms with Crippen LogP contribution in [0.15, 0.2) is 18.2 Å². The van der Waals surface area contributed by atoms with Gasteiger partial charge in [-0.1, -0.05) is 30.7 Å². The Bertz CT molecular complexity index is 416. The molecule has 1 aromatic rings. The van der Waals surface area contributed by atoms with Crippen LogP contribution in [0.4, 0.5) is 0 Å². The van der Waals surface area contributed by atoms with E-state index in [4.69, 9.17) is 10.5 Å². The van der Waals surface area contributed by atoms with Crippen LogP contribution in [-0.2, 0) is 11.3 Å². The van der Waals surface area contributed by atoms with Gasteiger partial charge in [-0.3, -0.25) is 0 Å². The van der Waals surface area contributed by atoms with Crippen LogP contribution < -0.4 is 5.73 Å². The van der Waals surface area contributed by atoms with Gasteiger partial charge < -0.3 is 10.5 Å². The third-order valence-electron chi connectivity index (χ3n) is 4.22. The Morgan fingerprint density at radius 1 is 1.39 bits per heavy atom. The average Bonchev–Trinajstić information content (AvgIpc) is 2.73. The summed E-state index contributed by atoms with van der Waals surface area (Å²) in [4.78, 5) is 0. The lowest BCUT2D eigenvalue weighted by Gasteiger charge is -2.28. The molecule has 1 aromatic carbocycles. The van der Waals surface area contributed by atoms with Crippen LogP contribution >= 0.6 is 0 Å². The summed E-state index contributed by atoms with van der Waals surface area (Å²) in [6, 6.07) is 6.54. The van der Waals surface area contributed by atoms with Crippen LogP contribution in [0.5, 0.6) is 0 Å². The van der Waals surface area contributed by atoms with E-state index in [1.54, 1.807) is 0 Å². The van der Waals surface area contributed by atoms with Crippen LogP contribution in [0.25, 0.3) is 0 Å². The molecule has 1 fully saturated rings. The minimum absolute atomic E-state index is 0.0738. The molecule has 0 radical (unpaired) electrons. The van der Waals surface area contributed by atoms with Gasteiger partial charge in [-0.15, -0.1) is 0 Å². The number of rotatable bonds is 4. The molecule has 18 heavy (non-hydrogen) atoms. The average molecular weight is 247 g/mol. The van der Waals surface area contributed by atoms with Crippen molar-refractivity contribution in [1.29, 1.82) is 0 Å². The van der Waals surface area contributed by atoms with Crippen molar-refractivity contribution in [1.82, 2.24) is 0 Å². The SMILES string of the molecule is Cc1ccc(C)c(COC2(CN)CCC(C)C2)c1. The molecule has 1 saturated carbocycles. The highest BCUT2D eigenvalue weighted by Gasteiger charge is 2.37. The zero-order valence-corrected chi connectivity index (χ0v) is 11.8. The molecule has 0 bridgehead atoms. The van der Waals surface area contributed by atoms with Gasteiger partial charge in [0, 0.05) is 6.54 Å². The van der Waals surface area contributed by atoms with E-state index < -0.39 is 0 Å². The summed E-state index contributed by atoms with van der Waals surface area (Å²) in [5.74, 6) is 0.743. The number of ether oxygens (including phenoxy) is 1. The monoisotopic (exact) mass is 247 g/mol. The summed E-state index contributed by atoms with van der Waals surface area (Å²) >= 11 is 0. The normalized spacial score (nSPS) is 27.7. The smallest absolute Gasteiger partial charge is 0.0811 e. The van der Waals surface area contributed by atoms with E-state index in [9.17, 15) is 0 Å². The highest BCUT2D eigenvalue weighted by Crippen LogP contribution is 2.37. The van der Waals surface area contributed by atoms with Gasteiger partial charge in [0.05, 0.1) is 12.2 Å². The van der Waals surface area contributed by atoms with Crippen LogP contribution in [0.2, 0.25) is 0 Å². The summed E-state index contributed by atoms with van der Waals surface area (Å²) in [5.41, 5.74) is 9.76. The second-order valence-corrected chi connectivity index (χ2v) is 5.95. The lowest BCUT2D eigenvalue weighted by atomic mass is 10.00. The number of aryl methyl sites for hydroxylation is 2. The van der Waals surface area contributed by atoms with Crippen molar-refractivity contribution >= 4 is 0 Å². The highest BCUT2D eigenvalue weighted by molar-refractivity contribution is 5.29. The molecule has 100 valence electrons. The molecule has 2 N–H and O–H groups in total. The Balaban J connectivity index is 2.04. The standard InChI is InChI=1S/C16H25NO/c1-12-4-5-14(3)15(8-12)10-18-16(11-17)7-6-13(2)9-16/h4-5,8,13H,6-7,9-11,17H2,1-3H3. The number of hydrogen-bond donors (Lipinski definition) is 1. The minimum atomic E-state index is -0.0738. The second kappa shape index (κ2) is 5.41. The first kappa shape index (κ1) is 13.6. The number of benzene rings is 1. The van der Waals surface area contributed by atoms with Gasteiger partial charge in [0.1, 0.15) is 0 Å². The molecule has 2 heteroatoms. The first-order valence-corrected chi connectivity index (χ1v) is 6.95. The third-order valence-corrected chi connectivity index (χ3v) is 4.22. The van der Waals surface area contributed by atoms with Crippen molar-refractivity contribution in [3.63, 3.8) is 0 Å². The Labute approximate surface area is 111 Å². The van der Waals surface area contributed by atoms with Gasteiger partial charge in [0.2, 0.25) is 0 Å². The van der Waals surface area contributed by atoms with E-state index in [0.717, 1.165) is 18.8 Å². The maximum Gasteiger partial charge on any atom is 0.0811 e. The van der Waals surface area contributed by atoms with Crippen LogP contribution in [0.1, 0.15) is 42.9 Å². The Kier molecular flexibility index (Phi) is 4.08. The molecule has 0 heterocycles. The van der Waals surface area contributed by atoms with Crippen LogP contribution in [-0.4, -0.2) is 12.1 Å². The molecule has 2 nitrogen and oxygen atoms in total. The Morgan fingerprint density at radius 2 is 2.17 bits per heavy atom. The fourth-order valence-electron chi connectivity index (χ4n) is 2.91. The van der Waals surface area contributed by atoms with Crippen LogP contribution in [0, 0.1) is 19.8 Å². The van der Waals surface area contributed by atoms with Crippen molar-refractivity contribution in [2.24, 2.45) is 11.7 Å². The predicted molar refractivity (Wildman–Crippen MR) is 75.5 cm³/mol. The third kappa shape index (κ3) is 2.93. The minimum Gasteiger partial charge on any atom is -0.369 e. The van der Waals surface area contributed by atoms with E-state index in [1.165, 1.54) is 23.1 Å². The molecule has 1 aliphatic carbocycles. The molecule has 0 aliphatic heterocycles. The molecule has 0 saturated heterocycles. The van der Waals surface area contributed by atoms with Gasteiger partial charge in [0.25, 0.3) is 0 Å². The number of nitrogens with two attached hydrogens (primary N) is 1.